The van der Waals surface area contributed by atoms with Crippen LogP contribution < -0.4 is 5.73 Å². The molecule has 1 heterocycles. The van der Waals surface area contributed by atoms with Gasteiger partial charge in [-0.15, -0.1) is 0 Å². The summed E-state index contributed by atoms with van der Waals surface area (Å²) in [4.78, 5) is 10.9. The molecule has 0 aromatic heterocycles. The Balaban J connectivity index is 2.47. The summed E-state index contributed by atoms with van der Waals surface area (Å²) < 4.78 is 5.08. The van der Waals surface area contributed by atoms with Crippen molar-refractivity contribution in [3.05, 3.63) is 0 Å². The maximum absolute atomic E-state index is 10.9. The van der Waals surface area contributed by atoms with Crippen LogP contribution in [0.15, 0.2) is 0 Å². The summed E-state index contributed by atoms with van der Waals surface area (Å²) in [5.41, 5.74) is 5.63. The summed E-state index contributed by atoms with van der Waals surface area (Å²) >= 11 is 0. The second-order valence-electron chi connectivity index (χ2n) is 2.74. The molecule has 1 aliphatic rings. The zero-order valence-corrected chi connectivity index (χ0v) is 6.17. The summed E-state index contributed by atoms with van der Waals surface area (Å²) in [7, 11) is 0. The number of Topliss-reactive ketones (excluding diaryl/α,β-unsaturated/α-hetero) is 1. The topological polar surface area (TPSA) is 52.3 Å². The maximum atomic E-state index is 10.9. The molecule has 1 fully saturated rings. The fraction of sp³-hybridized carbons (Fsp3) is 0.857. The molecular formula is C7H13NO2. The molecule has 0 unspecified atom stereocenters. The molecule has 2 atom stereocenters. The summed E-state index contributed by atoms with van der Waals surface area (Å²) in [6.45, 7) is 2.80. The molecule has 2 N–H and O–H groups in total. The summed E-state index contributed by atoms with van der Waals surface area (Å²) in [5, 5.41) is 0. The van der Waals surface area contributed by atoms with Gasteiger partial charge in [-0.1, -0.05) is 0 Å². The maximum Gasteiger partial charge on any atom is 0.134 e. The molecule has 1 rings (SSSR count). The van der Waals surface area contributed by atoms with Crippen molar-refractivity contribution in [2.45, 2.75) is 19.4 Å². The van der Waals surface area contributed by atoms with Gasteiger partial charge in [0.2, 0.25) is 0 Å². The smallest absolute Gasteiger partial charge is 0.134 e. The standard InChI is InChI=1S/C7H13NO2/c1-5(9)6-2-3-10-4-7(6)8/h6-7H,2-4,8H2,1H3/t6-,7-/m1/s1. The van der Waals surface area contributed by atoms with Crippen molar-refractivity contribution in [1.82, 2.24) is 0 Å². The summed E-state index contributed by atoms with van der Waals surface area (Å²) in [5.74, 6) is 0.226. The highest BCUT2D eigenvalue weighted by Gasteiger charge is 2.25. The number of carbonyl (C=O) groups excluding carboxylic acids is 1. The lowest BCUT2D eigenvalue weighted by Gasteiger charge is -2.26. The highest BCUT2D eigenvalue weighted by molar-refractivity contribution is 5.79. The van der Waals surface area contributed by atoms with Crippen LogP contribution in [0.25, 0.3) is 0 Å². The van der Waals surface area contributed by atoms with E-state index in [0.717, 1.165) is 6.42 Å². The molecule has 1 saturated heterocycles. The first-order valence-electron chi connectivity index (χ1n) is 3.55. The van der Waals surface area contributed by atoms with Crippen LogP contribution in [-0.2, 0) is 9.53 Å². The van der Waals surface area contributed by atoms with Crippen molar-refractivity contribution in [2.24, 2.45) is 11.7 Å². The lowest BCUT2D eigenvalue weighted by atomic mass is 9.92. The van der Waals surface area contributed by atoms with E-state index in [2.05, 4.69) is 0 Å². The van der Waals surface area contributed by atoms with Crippen LogP contribution in [0.3, 0.4) is 0 Å². The molecular weight excluding hydrogens is 130 g/mol. The normalized spacial score (nSPS) is 33.8. The first-order valence-corrected chi connectivity index (χ1v) is 3.55. The molecule has 0 bridgehead atoms. The van der Waals surface area contributed by atoms with Gasteiger partial charge in [-0.25, -0.2) is 0 Å². The van der Waals surface area contributed by atoms with Crippen LogP contribution >= 0.6 is 0 Å². The van der Waals surface area contributed by atoms with Crippen molar-refractivity contribution in [3.63, 3.8) is 0 Å². The van der Waals surface area contributed by atoms with Gasteiger partial charge in [0.05, 0.1) is 6.61 Å². The minimum Gasteiger partial charge on any atom is -0.380 e. The van der Waals surface area contributed by atoms with E-state index in [4.69, 9.17) is 10.5 Å². The summed E-state index contributed by atoms with van der Waals surface area (Å²) in [6.07, 6.45) is 0.788. The molecule has 3 heteroatoms. The highest BCUT2D eigenvalue weighted by atomic mass is 16.5. The van der Waals surface area contributed by atoms with Gasteiger partial charge in [-0.05, 0) is 13.3 Å². The number of ketones is 1. The number of ether oxygens (including phenoxy) is 1. The van der Waals surface area contributed by atoms with Crippen molar-refractivity contribution in [2.75, 3.05) is 13.2 Å². The van der Waals surface area contributed by atoms with E-state index < -0.39 is 0 Å². The van der Waals surface area contributed by atoms with Gasteiger partial charge in [0, 0.05) is 18.6 Å². The van der Waals surface area contributed by atoms with Gasteiger partial charge >= 0.3 is 0 Å². The van der Waals surface area contributed by atoms with E-state index in [0.29, 0.717) is 13.2 Å². The van der Waals surface area contributed by atoms with Gasteiger partial charge < -0.3 is 10.5 Å². The number of nitrogens with two attached hydrogens (primary N) is 1. The quantitative estimate of drug-likeness (QED) is 0.559. The third-order valence-electron chi connectivity index (χ3n) is 1.92. The van der Waals surface area contributed by atoms with Gasteiger partial charge in [-0.3, -0.25) is 4.79 Å². The second kappa shape index (κ2) is 3.12. The van der Waals surface area contributed by atoms with Crippen molar-refractivity contribution < 1.29 is 9.53 Å². The van der Waals surface area contributed by atoms with Crippen LogP contribution in [0.4, 0.5) is 0 Å². The van der Waals surface area contributed by atoms with E-state index >= 15 is 0 Å². The molecule has 1 aliphatic heterocycles. The molecule has 10 heavy (non-hydrogen) atoms. The predicted octanol–water partition coefficient (Wildman–Crippen LogP) is -0.0608. The Morgan fingerprint density at radius 3 is 2.80 bits per heavy atom. The molecule has 0 aromatic rings. The van der Waals surface area contributed by atoms with E-state index in [1.165, 1.54) is 0 Å². The van der Waals surface area contributed by atoms with Crippen molar-refractivity contribution >= 4 is 5.78 Å². The molecule has 0 aliphatic carbocycles. The van der Waals surface area contributed by atoms with E-state index in [9.17, 15) is 4.79 Å². The van der Waals surface area contributed by atoms with E-state index in [1.807, 2.05) is 0 Å². The number of hydrogen-bond donors (Lipinski definition) is 1. The van der Waals surface area contributed by atoms with Crippen LogP contribution in [-0.4, -0.2) is 25.0 Å². The molecule has 0 amide bonds. The van der Waals surface area contributed by atoms with Gasteiger partial charge in [0.15, 0.2) is 0 Å². The first kappa shape index (κ1) is 7.69. The Hall–Kier alpha value is -0.410. The van der Waals surface area contributed by atoms with Gasteiger partial charge in [0.1, 0.15) is 5.78 Å². The lowest BCUT2D eigenvalue weighted by molar-refractivity contribution is -0.124. The number of hydrogen-bond acceptors (Lipinski definition) is 3. The van der Waals surface area contributed by atoms with Gasteiger partial charge in [-0.2, -0.15) is 0 Å². The SMILES string of the molecule is CC(=O)[C@H]1CCOC[C@H]1N. The second-order valence-corrected chi connectivity index (χ2v) is 2.74. The Kier molecular flexibility index (Phi) is 2.40. The molecule has 0 aromatic carbocycles. The van der Waals surface area contributed by atoms with E-state index in [1.54, 1.807) is 6.92 Å². The molecule has 58 valence electrons. The fourth-order valence-corrected chi connectivity index (χ4v) is 1.26. The zero-order valence-electron chi connectivity index (χ0n) is 6.17. The van der Waals surface area contributed by atoms with Gasteiger partial charge in [0.25, 0.3) is 0 Å². The number of rotatable bonds is 1. The highest BCUT2D eigenvalue weighted by Crippen LogP contribution is 2.14. The summed E-state index contributed by atoms with van der Waals surface area (Å²) in [6, 6.07) is -0.0775. The van der Waals surface area contributed by atoms with Crippen LogP contribution in [0.1, 0.15) is 13.3 Å². The Morgan fingerprint density at radius 1 is 1.70 bits per heavy atom. The average Bonchev–Trinajstić information content (AvgIpc) is 1.88. The Bertz CT molecular complexity index is 136. The zero-order chi connectivity index (χ0) is 7.56. The minimum atomic E-state index is -0.0775. The first-order chi connectivity index (χ1) is 4.72. The third-order valence-corrected chi connectivity index (χ3v) is 1.92. The Labute approximate surface area is 60.5 Å². The lowest BCUT2D eigenvalue weighted by Crippen LogP contribution is -2.42. The van der Waals surface area contributed by atoms with E-state index in [-0.39, 0.29) is 17.7 Å². The van der Waals surface area contributed by atoms with Crippen LogP contribution in [0.5, 0.6) is 0 Å². The fourth-order valence-electron chi connectivity index (χ4n) is 1.26. The molecule has 3 nitrogen and oxygen atoms in total. The number of carbonyl (C=O) groups is 1. The largest absolute Gasteiger partial charge is 0.380 e. The molecule has 0 radical (unpaired) electrons. The minimum absolute atomic E-state index is 0.0359. The average molecular weight is 143 g/mol. The molecule has 0 spiro atoms. The monoisotopic (exact) mass is 143 g/mol. The van der Waals surface area contributed by atoms with Crippen molar-refractivity contribution in [1.29, 1.82) is 0 Å². The van der Waals surface area contributed by atoms with Crippen molar-refractivity contribution in [3.8, 4) is 0 Å². The van der Waals surface area contributed by atoms with Crippen LogP contribution in [0.2, 0.25) is 0 Å². The van der Waals surface area contributed by atoms with Crippen LogP contribution in [0, 0.1) is 5.92 Å². The third kappa shape index (κ3) is 1.55. The Morgan fingerprint density at radius 2 is 2.40 bits per heavy atom. The molecule has 0 saturated carbocycles. The predicted molar refractivity (Wildman–Crippen MR) is 37.6 cm³/mol.